The number of aromatic nitrogens is 1. The van der Waals surface area contributed by atoms with Crippen LogP contribution < -0.4 is 5.32 Å². The van der Waals surface area contributed by atoms with Gasteiger partial charge in [0, 0.05) is 11.3 Å². The maximum Gasteiger partial charge on any atom is 0.124 e. The molecule has 0 saturated carbocycles. The fraction of sp³-hybridized carbons (Fsp3) is 0.261. The van der Waals surface area contributed by atoms with Crippen LogP contribution in [0, 0.1) is 0 Å². The maximum absolute atomic E-state index is 10.1. The Bertz CT molecular complexity index is 883. The number of pyridine rings is 1. The van der Waals surface area contributed by atoms with Crippen LogP contribution >= 0.6 is 0 Å². The van der Waals surface area contributed by atoms with Gasteiger partial charge in [-0.25, -0.2) is 0 Å². The first-order chi connectivity index (χ1) is 12.4. The number of hydrogen-bond donors (Lipinski definition) is 2. The number of anilines is 1. The molecule has 3 rings (SSSR count). The van der Waals surface area contributed by atoms with Crippen LogP contribution in [0.1, 0.15) is 44.9 Å². The smallest absolute Gasteiger partial charge is 0.124 e. The third-order valence-corrected chi connectivity index (χ3v) is 4.60. The molecule has 2 aromatic carbocycles. The van der Waals surface area contributed by atoms with Gasteiger partial charge in [-0.2, -0.15) is 0 Å². The summed E-state index contributed by atoms with van der Waals surface area (Å²) in [6.45, 7) is 8.61. The van der Waals surface area contributed by atoms with Crippen LogP contribution in [0.15, 0.2) is 66.7 Å². The summed E-state index contributed by atoms with van der Waals surface area (Å²) in [4.78, 5) is 4.79. The first kappa shape index (κ1) is 18.0. The zero-order valence-corrected chi connectivity index (χ0v) is 15.8. The summed E-state index contributed by atoms with van der Waals surface area (Å²) in [5.41, 5.74) is 4.48. The lowest BCUT2D eigenvalue weighted by Crippen LogP contribution is -2.29. The second-order valence-corrected chi connectivity index (χ2v) is 7.45. The summed E-state index contributed by atoms with van der Waals surface area (Å²) in [5.74, 6) is 0.765. The van der Waals surface area contributed by atoms with Gasteiger partial charge in [0.05, 0.1) is 16.9 Å². The van der Waals surface area contributed by atoms with Gasteiger partial charge in [0.1, 0.15) is 5.75 Å². The molecule has 0 aliphatic carbocycles. The van der Waals surface area contributed by atoms with E-state index in [9.17, 15) is 5.11 Å². The molecule has 134 valence electrons. The Balaban J connectivity index is 1.87. The minimum atomic E-state index is -0.347. The normalized spacial score (nSPS) is 11.6. The summed E-state index contributed by atoms with van der Waals surface area (Å²) in [7, 11) is 0. The van der Waals surface area contributed by atoms with E-state index in [-0.39, 0.29) is 11.3 Å². The molecule has 3 aromatic rings. The number of phenolic OH excluding ortho intramolecular Hbond substituents is 1. The average molecular weight is 346 g/mol. The Hall–Kier alpha value is -2.81. The number of aromatic hydroxyl groups is 1. The molecule has 0 unspecified atom stereocenters. The van der Waals surface area contributed by atoms with Gasteiger partial charge in [0.25, 0.3) is 0 Å². The maximum atomic E-state index is 10.1. The lowest BCUT2D eigenvalue weighted by atomic mass is 9.97. The van der Waals surface area contributed by atoms with Gasteiger partial charge in [-0.1, -0.05) is 44.2 Å². The molecule has 26 heavy (non-hydrogen) atoms. The van der Waals surface area contributed by atoms with E-state index in [1.54, 1.807) is 6.07 Å². The van der Waals surface area contributed by atoms with E-state index in [1.807, 2.05) is 36.4 Å². The van der Waals surface area contributed by atoms with Crippen LogP contribution in [-0.2, 0) is 5.54 Å². The van der Waals surface area contributed by atoms with Crippen LogP contribution in [0.25, 0.3) is 11.3 Å². The van der Waals surface area contributed by atoms with Crippen LogP contribution in [0.5, 0.6) is 5.75 Å². The third-order valence-electron chi connectivity index (χ3n) is 4.60. The van der Waals surface area contributed by atoms with Crippen molar-refractivity contribution in [1.82, 2.24) is 4.98 Å². The molecule has 3 nitrogen and oxygen atoms in total. The van der Waals surface area contributed by atoms with E-state index < -0.39 is 0 Å². The molecule has 2 N–H and O–H groups in total. The summed E-state index contributed by atoms with van der Waals surface area (Å²) in [6, 6.07) is 21.8. The highest BCUT2D eigenvalue weighted by atomic mass is 16.3. The Kier molecular flexibility index (Phi) is 4.99. The van der Waals surface area contributed by atoms with Crippen LogP contribution in [-0.4, -0.2) is 10.1 Å². The fourth-order valence-corrected chi connectivity index (χ4v) is 3.00. The summed E-state index contributed by atoms with van der Waals surface area (Å²) in [5, 5.41) is 13.7. The number of hydrogen-bond acceptors (Lipinski definition) is 3. The molecule has 0 saturated heterocycles. The van der Waals surface area contributed by atoms with Crippen molar-refractivity contribution in [2.45, 2.75) is 39.2 Å². The standard InChI is InChI=1S/C23H26N2O/c1-16(2)17-12-14-18(15-13-17)25-23(3,4)22-11-7-9-20(24-22)19-8-5-6-10-21(19)26/h5-16,25-26H,1-4H3. The summed E-state index contributed by atoms with van der Waals surface area (Å²) in [6.07, 6.45) is 0. The largest absolute Gasteiger partial charge is 0.507 e. The first-order valence-corrected chi connectivity index (χ1v) is 9.01. The Morgan fingerprint density at radius 3 is 2.23 bits per heavy atom. The zero-order chi connectivity index (χ0) is 18.7. The second-order valence-electron chi connectivity index (χ2n) is 7.45. The molecule has 1 heterocycles. The van der Waals surface area contributed by atoms with Gasteiger partial charge >= 0.3 is 0 Å². The van der Waals surface area contributed by atoms with Crippen molar-refractivity contribution >= 4 is 5.69 Å². The van der Waals surface area contributed by atoms with Gasteiger partial charge in [0.15, 0.2) is 0 Å². The zero-order valence-electron chi connectivity index (χ0n) is 15.8. The topological polar surface area (TPSA) is 45.1 Å². The summed E-state index contributed by atoms with van der Waals surface area (Å²) < 4.78 is 0. The van der Waals surface area contributed by atoms with Gasteiger partial charge < -0.3 is 10.4 Å². The van der Waals surface area contributed by atoms with E-state index in [4.69, 9.17) is 4.98 Å². The van der Waals surface area contributed by atoms with Gasteiger partial charge in [-0.3, -0.25) is 4.98 Å². The van der Waals surface area contributed by atoms with E-state index in [2.05, 4.69) is 57.3 Å². The van der Waals surface area contributed by atoms with Crippen molar-refractivity contribution in [2.75, 3.05) is 5.32 Å². The molecule has 0 fully saturated rings. The second kappa shape index (κ2) is 7.20. The minimum absolute atomic E-state index is 0.243. The quantitative estimate of drug-likeness (QED) is 0.602. The van der Waals surface area contributed by atoms with Crippen molar-refractivity contribution in [3.63, 3.8) is 0 Å². The van der Waals surface area contributed by atoms with Gasteiger partial charge in [-0.15, -0.1) is 0 Å². The lowest BCUT2D eigenvalue weighted by molar-refractivity contribution is 0.477. The molecule has 0 atom stereocenters. The van der Waals surface area contributed by atoms with Gasteiger partial charge in [-0.05, 0) is 61.7 Å². The highest BCUT2D eigenvalue weighted by molar-refractivity contribution is 5.66. The molecule has 3 heteroatoms. The minimum Gasteiger partial charge on any atom is -0.507 e. The van der Waals surface area contributed by atoms with Crippen LogP contribution in [0.3, 0.4) is 0 Å². The SMILES string of the molecule is CC(C)c1ccc(NC(C)(C)c2cccc(-c3ccccc3O)n2)cc1. The van der Waals surface area contributed by atoms with E-state index in [0.29, 0.717) is 5.92 Å². The third kappa shape index (κ3) is 3.88. The Morgan fingerprint density at radius 2 is 1.58 bits per heavy atom. The Morgan fingerprint density at radius 1 is 0.885 bits per heavy atom. The average Bonchev–Trinajstić information content (AvgIpc) is 2.62. The van der Waals surface area contributed by atoms with Crippen molar-refractivity contribution in [2.24, 2.45) is 0 Å². The van der Waals surface area contributed by atoms with Crippen molar-refractivity contribution in [3.8, 4) is 17.0 Å². The lowest BCUT2D eigenvalue weighted by Gasteiger charge is -2.28. The molecule has 0 aliphatic rings. The molecule has 0 radical (unpaired) electrons. The number of nitrogens with one attached hydrogen (secondary N) is 1. The number of benzene rings is 2. The molecular formula is C23H26N2O. The fourth-order valence-electron chi connectivity index (χ4n) is 3.00. The number of para-hydroxylation sites is 1. The van der Waals surface area contributed by atoms with E-state index in [1.165, 1.54) is 5.56 Å². The Labute approximate surface area is 155 Å². The molecule has 0 spiro atoms. The number of rotatable bonds is 5. The van der Waals surface area contributed by atoms with Crippen molar-refractivity contribution in [3.05, 3.63) is 78.0 Å². The monoisotopic (exact) mass is 346 g/mol. The first-order valence-electron chi connectivity index (χ1n) is 9.01. The molecule has 1 aromatic heterocycles. The van der Waals surface area contributed by atoms with Crippen LogP contribution in [0.2, 0.25) is 0 Å². The highest BCUT2D eigenvalue weighted by Gasteiger charge is 2.22. The number of nitrogens with zero attached hydrogens (tertiary/aromatic N) is 1. The van der Waals surface area contributed by atoms with Crippen LogP contribution in [0.4, 0.5) is 5.69 Å². The summed E-state index contributed by atoms with van der Waals surface area (Å²) >= 11 is 0. The van der Waals surface area contributed by atoms with E-state index in [0.717, 1.165) is 22.6 Å². The molecule has 0 aliphatic heterocycles. The van der Waals surface area contributed by atoms with Gasteiger partial charge in [0.2, 0.25) is 0 Å². The number of phenols is 1. The van der Waals surface area contributed by atoms with Crippen molar-refractivity contribution in [1.29, 1.82) is 0 Å². The molecule has 0 amide bonds. The predicted octanol–water partition coefficient (Wildman–Crippen LogP) is 5.92. The molecular weight excluding hydrogens is 320 g/mol. The van der Waals surface area contributed by atoms with Crippen molar-refractivity contribution < 1.29 is 5.11 Å². The molecule has 0 bridgehead atoms. The highest BCUT2D eigenvalue weighted by Crippen LogP contribution is 2.30. The van der Waals surface area contributed by atoms with E-state index >= 15 is 0 Å². The predicted molar refractivity (Wildman–Crippen MR) is 109 cm³/mol.